The van der Waals surface area contributed by atoms with Gasteiger partial charge in [0.2, 0.25) is 11.8 Å². The number of rotatable bonds is 12. The minimum atomic E-state index is -0.546. The summed E-state index contributed by atoms with van der Waals surface area (Å²) in [6.07, 6.45) is 5.45. The molecule has 2 amide bonds. The topological polar surface area (TPSA) is 150 Å². The van der Waals surface area contributed by atoms with Crippen LogP contribution < -0.4 is 20.3 Å². The molecule has 16 heteroatoms. The number of nitrogens with zero attached hydrogens (tertiary/aromatic N) is 7. The lowest BCUT2D eigenvalue weighted by Crippen LogP contribution is -2.39. The number of hydrogen-bond acceptors (Lipinski definition) is 10. The molecule has 4 aromatic carbocycles. The molecule has 10 rings (SSSR count). The number of fused-ring (bicyclic) bond motifs is 2. The van der Waals surface area contributed by atoms with Gasteiger partial charge in [-0.3, -0.25) is 9.59 Å². The fourth-order valence-electron chi connectivity index (χ4n) is 7.95. The van der Waals surface area contributed by atoms with Gasteiger partial charge in [-0.1, -0.05) is 48.5 Å². The van der Waals surface area contributed by atoms with Crippen LogP contribution in [0.3, 0.4) is 0 Å². The first-order valence-electron chi connectivity index (χ1n) is 20.9. The minimum absolute atomic E-state index is 0.108. The highest BCUT2D eigenvalue weighted by molar-refractivity contribution is 5.93. The summed E-state index contributed by atoms with van der Waals surface area (Å²) >= 11 is 0. The number of benzene rings is 4. The molecule has 6 heterocycles. The fourth-order valence-corrected chi connectivity index (χ4v) is 7.95. The molecule has 2 N–H and O–H groups in total. The van der Waals surface area contributed by atoms with E-state index in [4.69, 9.17) is 19.2 Å². The summed E-state index contributed by atoms with van der Waals surface area (Å²) in [5, 5.41) is 14.4. The molecule has 64 heavy (non-hydrogen) atoms. The van der Waals surface area contributed by atoms with Gasteiger partial charge in [0.25, 0.3) is 0 Å². The van der Waals surface area contributed by atoms with Gasteiger partial charge in [0.1, 0.15) is 24.4 Å². The van der Waals surface area contributed by atoms with Gasteiger partial charge >= 0.3 is 0 Å². The van der Waals surface area contributed by atoms with Crippen LogP contribution in [-0.2, 0) is 31.9 Å². The Morgan fingerprint density at radius 1 is 0.719 bits per heavy atom. The van der Waals surface area contributed by atoms with Gasteiger partial charge in [0, 0.05) is 42.8 Å². The second-order valence-electron chi connectivity index (χ2n) is 15.7. The van der Waals surface area contributed by atoms with Crippen molar-refractivity contribution >= 4 is 40.2 Å². The quantitative estimate of drug-likeness (QED) is 0.127. The molecule has 8 aromatic rings. The molecule has 0 bridgehead atoms. The lowest BCUT2D eigenvalue weighted by molar-refractivity contribution is -0.116. The molecule has 2 aliphatic rings. The first-order valence-corrected chi connectivity index (χ1v) is 20.9. The first-order chi connectivity index (χ1) is 31.3. The predicted molar refractivity (Wildman–Crippen MR) is 235 cm³/mol. The number of halogens is 2. The van der Waals surface area contributed by atoms with Crippen molar-refractivity contribution in [1.82, 2.24) is 29.2 Å². The molecule has 0 saturated carbocycles. The van der Waals surface area contributed by atoms with E-state index < -0.39 is 17.7 Å². The number of carbonyl (C=O) groups excluding carboxylic acids is 2. The standard InChI is InChI=1S/C48H41F2N9O5/c49-39-25-36(53-46(60)21-30-1-5-32(6-2-30)34-13-16-58-44(23-34)51-29-52-58)9-11-41(39)57-18-20-63-43(27-57)48-55-45-24-35(14-17-59(45)56-48)33-7-3-31(4-8-33)22-47(61)54-37-10-12-42(40(50)26-37)64-38-15-19-62-28-38/h1-14,16-17,23-26,29,38,43H,15,18-22,27-28H2,(H,53,60)(H,54,61)/t38-,43?/m1/s1. The van der Waals surface area contributed by atoms with E-state index >= 15 is 4.39 Å². The summed E-state index contributed by atoms with van der Waals surface area (Å²) in [5.41, 5.74) is 7.89. The van der Waals surface area contributed by atoms with Gasteiger partial charge in [0.15, 0.2) is 28.7 Å². The molecule has 1 unspecified atom stereocenters. The zero-order valence-electron chi connectivity index (χ0n) is 34.4. The van der Waals surface area contributed by atoms with Crippen molar-refractivity contribution in [2.75, 3.05) is 48.4 Å². The number of morpholine rings is 1. The Kier molecular flexibility index (Phi) is 11.2. The molecule has 2 aliphatic heterocycles. The molecule has 14 nitrogen and oxygen atoms in total. The Labute approximate surface area is 365 Å². The molecule has 322 valence electrons. The number of pyridine rings is 2. The van der Waals surface area contributed by atoms with Gasteiger partial charge in [-0.05, 0) is 88.0 Å². The maximum atomic E-state index is 15.6. The Bertz CT molecular complexity index is 2990. The first kappa shape index (κ1) is 40.5. The maximum Gasteiger partial charge on any atom is 0.228 e. The van der Waals surface area contributed by atoms with Crippen molar-refractivity contribution in [3.63, 3.8) is 0 Å². The second-order valence-corrected chi connectivity index (χ2v) is 15.7. The van der Waals surface area contributed by atoms with Crippen molar-refractivity contribution < 1.29 is 32.6 Å². The van der Waals surface area contributed by atoms with Crippen molar-refractivity contribution in [1.29, 1.82) is 0 Å². The van der Waals surface area contributed by atoms with Crippen LogP contribution in [0.1, 0.15) is 29.5 Å². The molecule has 0 radical (unpaired) electrons. The summed E-state index contributed by atoms with van der Waals surface area (Å²) in [4.78, 5) is 36.7. The van der Waals surface area contributed by atoms with E-state index in [1.807, 2.05) is 90.1 Å². The van der Waals surface area contributed by atoms with Crippen LogP contribution in [0, 0.1) is 11.6 Å². The number of aromatic nitrogens is 6. The smallest absolute Gasteiger partial charge is 0.228 e. The molecule has 4 aromatic heterocycles. The average Bonchev–Trinajstić information content (AvgIpc) is 4.10. The Morgan fingerprint density at radius 3 is 2.03 bits per heavy atom. The van der Waals surface area contributed by atoms with E-state index in [9.17, 15) is 14.0 Å². The van der Waals surface area contributed by atoms with E-state index in [1.165, 1.54) is 24.5 Å². The largest absolute Gasteiger partial charge is 0.485 e. The van der Waals surface area contributed by atoms with Crippen molar-refractivity contribution in [2.45, 2.75) is 31.5 Å². The number of ether oxygens (including phenoxy) is 3. The molecule has 0 spiro atoms. The van der Waals surface area contributed by atoms with Crippen molar-refractivity contribution in [3.05, 3.63) is 157 Å². The summed E-state index contributed by atoms with van der Waals surface area (Å²) in [6.45, 7) is 2.16. The van der Waals surface area contributed by atoms with Gasteiger partial charge < -0.3 is 29.7 Å². The zero-order chi connectivity index (χ0) is 43.6. The average molecular weight is 862 g/mol. The van der Waals surface area contributed by atoms with Gasteiger partial charge in [0.05, 0.1) is 44.9 Å². The highest BCUT2D eigenvalue weighted by Crippen LogP contribution is 2.30. The van der Waals surface area contributed by atoms with E-state index in [0.29, 0.717) is 67.9 Å². The van der Waals surface area contributed by atoms with Crippen LogP contribution in [0.5, 0.6) is 5.75 Å². The van der Waals surface area contributed by atoms with Gasteiger partial charge in [-0.2, -0.15) is 5.10 Å². The Balaban J connectivity index is 0.730. The lowest BCUT2D eigenvalue weighted by atomic mass is 10.0. The third kappa shape index (κ3) is 9.00. The molecule has 0 aliphatic carbocycles. The van der Waals surface area contributed by atoms with Crippen LogP contribution in [0.15, 0.2) is 128 Å². The normalized spacial score (nSPS) is 16.3. The zero-order valence-corrected chi connectivity index (χ0v) is 34.4. The number of amides is 2. The molecular weight excluding hydrogens is 821 g/mol. The van der Waals surface area contributed by atoms with Gasteiger partial charge in [-0.15, -0.1) is 5.10 Å². The van der Waals surface area contributed by atoms with Crippen LogP contribution in [0.2, 0.25) is 0 Å². The van der Waals surface area contributed by atoms with E-state index in [0.717, 1.165) is 39.0 Å². The van der Waals surface area contributed by atoms with E-state index in [-0.39, 0.29) is 36.5 Å². The SMILES string of the molecule is O=C(Cc1ccc(-c2ccn3nc(C4CN(c5ccc(NC(=O)Cc6ccc(-c7ccn8ncnc8c7)cc6)cc5F)CCO4)nc3c2)cc1)Nc1ccc(O[C@@H]2CCOC2)c(F)c1. The molecular formula is C48H41F2N9O5. The minimum Gasteiger partial charge on any atom is -0.485 e. The molecule has 2 fully saturated rings. The summed E-state index contributed by atoms with van der Waals surface area (Å²) < 4.78 is 50.7. The Morgan fingerprint density at radius 2 is 1.38 bits per heavy atom. The second kappa shape index (κ2) is 17.7. The highest BCUT2D eigenvalue weighted by Gasteiger charge is 2.28. The predicted octanol–water partition coefficient (Wildman–Crippen LogP) is 7.49. The number of hydrogen-bond donors (Lipinski definition) is 2. The molecule has 2 atom stereocenters. The van der Waals surface area contributed by atoms with Crippen molar-refractivity contribution in [2.24, 2.45) is 0 Å². The van der Waals surface area contributed by atoms with Crippen molar-refractivity contribution in [3.8, 4) is 28.0 Å². The number of carbonyl (C=O) groups is 2. The number of nitrogens with one attached hydrogen (secondary N) is 2. The van der Waals surface area contributed by atoms with Gasteiger partial charge in [-0.25, -0.2) is 27.8 Å². The van der Waals surface area contributed by atoms with Crippen LogP contribution in [0.25, 0.3) is 33.5 Å². The Hall–Kier alpha value is -7.56. The highest BCUT2D eigenvalue weighted by atomic mass is 19.1. The third-order valence-corrected chi connectivity index (χ3v) is 11.3. The maximum absolute atomic E-state index is 15.6. The van der Waals surface area contributed by atoms with Crippen LogP contribution >= 0.6 is 0 Å². The summed E-state index contributed by atoms with van der Waals surface area (Å²) in [5.74, 6) is -0.933. The van der Waals surface area contributed by atoms with Crippen LogP contribution in [0.4, 0.5) is 25.8 Å². The fraction of sp³-hybridized carbons (Fsp3) is 0.208. The lowest BCUT2D eigenvalue weighted by Gasteiger charge is -2.33. The van der Waals surface area contributed by atoms with Crippen LogP contribution in [-0.4, -0.2) is 80.0 Å². The molecule has 2 saturated heterocycles. The third-order valence-electron chi connectivity index (χ3n) is 11.3. The monoisotopic (exact) mass is 861 g/mol. The summed E-state index contributed by atoms with van der Waals surface area (Å²) in [6, 6.07) is 32.2. The van der Waals surface area contributed by atoms with E-state index in [2.05, 4.69) is 25.8 Å². The summed E-state index contributed by atoms with van der Waals surface area (Å²) in [7, 11) is 0. The number of anilines is 3. The van der Waals surface area contributed by atoms with E-state index in [1.54, 1.807) is 27.2 Å².